The fourth-order valence-electron chi connectivity index (χ4n) is 1.72. The van der Waals surface area contributed by atoms with Gasteiger partial charge in [-0.15, -0.1) is 0 Å². The lowest BCUT2D eigenvalue weighted by Crippen LogP contribution is -2.24. The van der Waals surface area contributed by atoms with Crippen LogP contribution in [0.1, 0.15) is 11.1 Å². The van der Waals surface area contributed by atoms with E-state index < -0.39 is 6.09 Å². The van der Waals surface area contributed by atoms with Crippen molar-refractivity contribution in [2.45, 2.75) is 6.61 Å². The molecule has 2 rings (SSSR count). The number of carbonyl (C=O) groups excluding carboxylic acids is 1. The number of halogens is 1. The molecule has 0 unspecified atom stereocenters. The number of hydrogen-bond acceptors (Lipinski definition) is 2. The minimum absolute atomic E-state index is 0.285. The first kappa shape index (κ1) is 15.6. The molecule has 0 aromatic heterocycles. The van der Waals surface area contributed by atoms with Gasteiger partial charge in [-0.2, -0.15) is 0 Å². The van der Waals surface area contributed by atoms with Crippen molar-refractivity contribution in [3.8, 4) is 0 Å². The van der Waals surface area contributed by atoms with Gasteiger partial charge in [0.15, 0.2) is 0 Å². The summed E-state index contributed by atoms with van der Waals surface area (Å²) < 4.78 is 6.30. The molecule has 0 bridgehead atoms. The molecular formula is C17H16INO2. The van der Waals surface area contributed by atoms with Crippen LogP contribution in [-0.2, 0) is 11.3 Å². The van der Waals surface area contributed by atoms with Crippen LogP contribution in [0.5, 0.6) is 0 Å². The van der Waals surface area contributed by atoms with Gasteiger partial charge in [0.1, 0.15) is 6.61 Å². The summed E-state index contributed by atoms with van der Waals surface area (Å²) in [4.78, 5) is 11.5. The Kier molecular flexibility index (Phi) is 6.27. The van der Waals surface area contributed by atoms with Crippen molar-refractivity contribution in [3.05, 3.63) is 75.4 Å². The molecule has 0 saturated heterocycles. The molecule has 108 valence electrons. The van der Waals surface area contributed by atoms with E-state index in [1.165, 1.54) is 3.57 Å². The fraction of sp³-hybridized carbons (Fsp3) is 0.118. The second-order valence-electron chi connectivity index (χ2n) is 4.40. The summed E-state index contributed by atoms with van der Waals surface area (Å²) in [6.45, 7) is 0.729. The van der Waals surface area contributed by atoms with E-state index in [0.29, 0.717) is 6.54 Å². The van der Waals surface area contributed by atoms with Crippen molar-refractivity contribution in [1.82, 2.24) is 5.32 Å². The minimum atomic E-state index is -0.411. The molecule has 3 nitrogen and oxygen atoms in total. The first-order valence-corrected chi connectivity index (χ1v) is 7.68. The summed E-state index contributed by atoms with van der Waals surface area (Å²) in [5, 5.41) is 2.69. The molecule has 4 heteroatoms. The van der Waals surface area contributed by atoms with Gasteiger partial charge >= 0.3 is 6.09 Å². The van der Waals surface area contributed by atoms with Gasteiger partial charge in [-0.05, 0) is 45.9 Å². The van der Waals surface area contributed by atoms with Crippen LogP contribution in [-0.4, -0.2) is 12.6 Å². The summed E-state index contributed by atoms with van der Waals surface area (Å²) in [7, 11) is 0. The fourth-order valence-corrected chi connectivity index (χ4v) is 2.29. The van der Waals surface area contributed by atoms with E-state index in [9.17, 15) is 4.79 Å². The van der Waals surface area contributed by atoms with Gasteiger partial charge in [-0.1, -0.05) is 54.6 Å². The van der Waals surface area contributed by atoms with Crippen LogP contribution in [0.4, 0.5) is 4.79 Å². The zero-order chi connectivity index (χ0) is 14.9. The molecule has 0 atom stereocenters. The molecule has 2 aromatic rings. The number of alkyl carbamates (subject to hydrolysis) is 1. The first-order valence-electron chi connectivity index (χ1n) is 6.61. The molecule has 21 heavy (non-hydrogen) atoms. The lowest BCUT2D eigenvalue weighted by molar-refractivity contribution is 0.141. The van der Waals surface area contributed by atoms with E-state index in [1.807, 2.05) is 60.7 Å². The number of amides is 1. The Bertz CT molecular complexity index is 611. The Balaban J connectivity index is 1.69. The normalized spacial score (nSPS) is 10.5. The van der Waals surface area contributed by atoms with Crippen molar-refractivity contribution >= 4 is 34.8 Å². The van der Waals surface area contributed by atoms with Gasteiger partial charge in [0.25, 0.3) is 0 Å². The molecule has 0 fully saturated rings. The maximum atomic E-state index is 11.5. The van der Waals surface area contributed by atoms with E-state index in [2.05, 4.69) is 34.0 Å². The van der Waals surface area contributed by atoms with E-state index in [-0.39, 0.29) is 6.61 Å². The van der Waals surface area contributed by atoms with E-state index >= 15 is 0 Å². The summed E-state index contributed by atoms with van der Waals surface area (Å²) in [6.07, 6.45) is 3.46. The largest absolute Gasteiger partial charge is 0.445 e. The summed E-state index contributed by atoms with van der Waals surface area (Å²) in [5.74, 6) is 0. The molecular weight excluding hydrogens is 377 g/mol. The predicted molar refractivity (Wildman–Crippen MR) is 92.8 cm³/mol. The highest BCUT2D eigenvalue weighted by atomic mass is 127. The van der Waals surface area contributed by atoms with Crippen LogP contribution in [0.25, 0.3) is 6.08 Å². The zero-order valence-electron chi connectivity index (χ0n) is 11.5. The SMILES string of the molecule is O=C(NCC=Cc1cccc(I)c1)OCc1ccccc1. The Labute approximate surface area is 138 Å². The van der Waals surface area contributed by atoms with Crippen LogP contribution in [0.2, 0.25) is 0 Å². The molecule has 0 radical (unpaired) electrons. The van der Waals surface area contributed by atoms with Gasteiger partial charge in [-0.25, -0.2) is 4.79 Å². The van der Waals surface area contributed by atoms with Gasteiger partial charge in [0.2, 0.25) is 0 Å². The Hall–Kier alpha value is -1.82. The first-order chi connectivity index (χ1) is 10.2. The van der Waals surface area contributed by atoms with E-state index in [4.69, 9.17) is 4.74 Å². The molecule has 1 amide bonds. The second kappa shape index (κ2) is 8.46. The number of benzene rings is 2. The molecule has 0 spiro atoms. The third-order valence-corrected chi connectivity index (χ3v) is 3.41. The Morgan fingerprint density at radius 3 is 2.71 bits per heavy atom. The standard InChI is InChI=1S/C17H16INO2/c18-16-10-4-8-14(12-16)9-5-11-19-17(20)21-13-15-6-2-1-3-7-15/h1-10,12H,11,13H2,(H,19,20). The average molecular weight is 393 g/mol. The number of nitrogens with one attached hydrogen (secondary N) is 1. The maximum absolute atomic E-state index is 11.5. The van der Waals surface area contributed by atoms with Crippen LogP contribution < -0.4 is 5.32 Å². The van der Waals surface area contributed by atoms with Crippen molar-refractivity contribution in [2.75, 3.05) is 6.54 Å². The van der Waals surface area contributed by atoms with Gasteiger partial charge in [0, 0.05) is 10.1 Å². The van der Waals surface area contributed by atoms with Crippen molar-refractivity contribution in [2.24, 2.45) is 0 Å². The predicted octanol–water partition coefficient (Wildman–Crippen LogP) is 4.23. The van der Waals surface area contributed by atoms with Crippen LogP contribution in [0, 0.1) is 3.57 Å². The summed E-state index contributed by atoms with van der Waals surface area (Å²) in [5.41, 5.74) is 2.09. The third-order valence-electron chi connectivity index (χ3n) is 2.74. The monoisotopic (exact) mass is 393 g/mol. The number of hydrogen-bond donors (Lipinski definition) is 1. The highest BCUT2D eigenvalue weighted by Crippen LogP contribution is 2.08. The average Bonchev–Trinajstić information content (AvgIpc) is 2.51. The highest BCUT2D eigenvalue weighted by Gasteiger charge is 2.00. The lowest BCUT2D eigenvalue weighted by atomic mass is 10.2. The van der Waals surface area contributed by atoms with Gasteiger partial charge in [-0.3, -0.25) is 0 Å². The van der Waals surface area contributed by atoms with Crippen molar-refractivity contribution in [3.63, 3.8) is 0 Å². The molecule has 0 heterocycles. The quantitative estimate of drug-likeness (QED) is 0.773. The minimum Gasteiger partial charge on any atom is -0.445 e. The Morgan fingerprint density at radius 2 is 1.95 bits per heavy atom. The molecule has 0 aliphatic carbocycles. The van der Waals surface area contributed by atoms with Gasteiger partial charge < -0.3 is 10.1 Å². The number of ether oxygens (including phenoxy) is 1. The van der Waals surface area contributed by atoms with Crippen LogP contribution in [0.3, 0.4) is 0 Å². The summed E-state index contributed by atoms with van der Waals surface area (Å²) in [6, 6.07) is 17.7. The molecule has 0 aliphatic rings. The Morgan fingerprint density at radius 1 is 1.14 bits per heavy atom. The number of carbonyl (C=O) groups is 1. The van der Waals surface area contributed by atoms with E-state index in [1.54, 1.807) is 0 Å². The third kappa shape index (κ3) is 5.99. The smallest absolute Gasteiger partial charge is 0.407 e. The lowest BCUT2D eigenvalue weighted by Gasteiger charge is -2.05. The molecule has 0 saturated carbocycles. The zero-order valence-corrected chi connectivity index (χ0v) is 13.6. The molecule has 2 aromatic carbocycles. The molecule has 1 N–H and O–H groups in total. The maximum Gasteiger partial charge on any atom is 0.407 e. The van der Waals surface area contributed by atoms with Crippen molar-refractivity contribution in [1.29, 1.82) is 0 Å². The van der Waals surface area contributed by atoms with E-state index in [0.717, 1.165) is 11.1 Å². The van der Waals surface area contributed by atoms with Crippen molar-refractivity contribution < 1.29 is 9.53 Å². The highest BCUT2D eigenvalue weighted by molar-refractivity contribution is 14.1. The molecule has 0 aliphatic heterocycles. The van der Waals surface area contributed by atoms with Crippen LogP contribution >= 0.6 is 22.6 Å². The van der Waals surface area contributed by atoms with Crippen LogP contribution in [0.15, 0.2) is 60.7 Å². The topological polar surface area (TPSA) is 38.3 Å². The summed E-state index contributed by atoms with van der Waals surface area (Å²) >= 11 is 2.27. The van der Waals surface area contributed by atoms with Gasteiger partial charge in [0.05, 0.1) is 0 Å². The number of rotatable bonds is 5. The second-order valence-corrected chi connectivity index (χ2v) is 5.65.